The van der Waals surface area contributed by atoms with Gasteiger partial charge in [0.25, 0.3) is 0 Å². The highest BCUT2D eigenvalue weighted by Gasteiger charge is 2.62. The van der Waals surface area contributed by atoms with E-state index in [1.165, 1.54) is 0 Å². The minimum absolute atomic E-state index is 0.0164. The Morgan fingerprint density at radius 1 is 1.19 bits per heavy atom. The van der Waals surface area contributed by atoms with E-state index in [0.717, 1.165) is 38.5 Å². The van der Waals surface area contributed by atoms with Crippen molar-refractivity contribution in [2.45, 2.75) is 83.8 Å². The van der Waals surface area contributed by atoms with Crippen molar-refractivity contribution >= 4 is 5.78 Å². The van der Waals surface area contributed by atoms with Gasteiger partial charge in [0, 0.05) is 25.3 Å². The second-order valence-electron chi connectivity index (χ2n) is 11.5. The lowest BCUT2D eigenvalue weighted by molar-refractivity contribution is -0.164. The minimum Gasteiger partial charge on any atom is -0.387 e. The van der Waals surface area contributed by atoms with Gasteiger partial charge in [0.05, 0.1) is 31.9 Å². The summed E-state index contributed by atoms with van der Waals surface area (Å²) < 4.78 is 45.3. The molecular weight excluding hydrogens is 388 g/mol. The molecular formula is C26H40N2O3. The summed E-state index contributed by atoms with van der Waals surface area (Å²) in [6.07, 6.45) is 12.4. The molecule has 0 saturated heterocycles. The number of hydrogen-bond donors (Lipinski definition) is 1. The zero-order valence-electron chi connectivity index (χ0n) is 23.8. The summed E-state index contributed by atoms with van der Waals surface area (Å²) in [5.41, 5.74) is -1.81. The van der Waals surface area contributed by atoms with E-state index in [1.54, 1.807) is 12.5 Å². The van der Waals surface area contributed by atoms with Gasteiger partial charge in [-0.1, -0.05) is 13.8 Å². The SMILES string of the molecule is [2H]C([2H])([2H])OC([2H])([2H])[C@@]1(O)CC[C@@]2(C)[C@@H](CC[C@@H]3[C@@H]2CC[C@]2(C)[C@@H](C(=O)Cn4ccnc4)CC[C@@H]32)C1. The summed E-state index contributed by atoms with van der Waals surface area (Å²) in [5, 5.41) is 11.3. The number of carbonyl (C=O) groups excluding carboxylic acids is 1. The lowest BCUT2D eigenvalue weighted by Crippen LogP contribution is -2.56. The van der Waals surface area contributed by atoms with E-state index in [9.17, 15) is 9.90 Å². The van der Waals surface area contributed by atoms with Gasteiger partial charge in [0.1, 0.15) is 0 Å². The molecule has 5 rings (SSSR count). The highest BCUT2D eigenvalue weighted by molar-refractivity contribution is 5.82. The largest absolute Gasteiger partial charge is 0.387 e. The molecule has 31 heavy (non-hydrogen) atoms. The molecule has 4 fully saturated rings. The quantitative estimate of drug-likeness (QED) is 0.743. The van der Waals surface area contributed by atoms with Gasteiger partial charge in [0.2, 0.25) is 0 Å². The second kappa shape index (κ2) is 7.69. The molecule has 4 aliphatic carbocycles. The summed E-state index contributed by atoms with van der Waals surface area (Å²) >= 11 is 0. The highest BCUT2D eigenvalue weighted by Crippen LogP contribution is 2.68. The van der Waals surface area contributed by atoms with E-state index in [2.05, 4.69) is 18.8 Å². The van der Waals surface area contributed by atoms with Crippen LogP contribution in [0, 0.1) is 40.4 Å². The van der Waals surface area contributed by atoms with Gasteiger partial charge in [-0.25, -0.2) is 4.98 Å². The van der Waals surface area contributed by atoms with Crippen LogP contribution in [0.3, 0.4) is 0 Å². The fourth-order valence-electron chi connectivity index (χ4n) is 8.63. The molecule has 8 atom stereocenters. The summed E-state index contributed by atoms with van der Waals surface area (Å²) in [6, 6.07) is 0. The molecule has 1 aromatic heterocycles. The van der Waals surface area contributed by atoms with Crippen molar-refractivity contribution in [1.29, 1.82) is 0 Å². The number of ketones is 1. The Morgan fingerprint density at radius 3 is 2.81 bits per heavy atom. The smallest absolute Gasteiger partial charge is 0.156 e. The van der Waals surface area contributed by atoms with Crippen molar-refractivity contribution in [1.82, 2.24) is 9.55 Å². The monoisotopic (exact) mass is 433 g/mol. The van der Waals surface area contributed by atoms with Gasteiger partial charge < -0.3 is 14.4 Å². The maximum Gasteiger partial charge on any atom is 0.156 e. The minimum atomic E-state index is -2.90. The van der Waals surface area contributed by atoms with Crippen molar-refractivity contribution in [3.8, 4) is 0 Å². The molecule has 1 N–H and O–H groups in total. The van der Waals surface area contributed by atoms with Crippen molar-refractivity contribution in [2.24, 2.45) is 40.4 Å². The molecule has 172 valence electrons. The number of carbonyl (C=O) groups is 1. The first-order chi connectivity index (χ1) is 16.7. The van der Waals surface area contributed by atoms with Crippen LogP contribution in [0.15, 0.2) is 18.7 Å². The van der Waals surface area contributed by atoms with Crippen LogP contribution in [-0.4, -0.2) is 39.6 Å². The van der Waals surface area contributed by atoms with Crippen LogP contribution >= 0.6 is 0 Å². The van der Waals surface area contributed by atoms with E-state index < -0.39 is 19.2 Å². The number of aliphatic hydroxyl groups is 1. The Morgan fingerprint density at radius 2 is 2.03 bits per heavy atom. The van der Waals surface area contributed by atoms with E-state index in [4.69, 9.17) is 11.6 Å². The van der Waals surface area contributed by atoms with Crippen LogP contribution in [0.25, 0.3) is 0 Å². The first-order valence-corrected chi connectivity index (χ1v) is 12.1. The third kappa shape index (κ3) is 3.42. The van der Waals surface area contributed by atoms with Gasteiger partial charge >= 0.3 is 0 Å². The molecule has 4 saturated carbocycles. The van der Waals surface area contributed by atoms with Crippen molar-refractivity contribution in [2.75, 3.05) is 13.6 Å². The van der Waals surface area contributed by atoms with Crippen LogP contribution in [0.4, 0.5) is 0 Å². The van der Waals surface area contributed by atoms with Crippen LogP contribution in [-0.2, 0) is 16.1 Å². The molecule has 5 heteroatoms. The number of imidazole rings is 1. The molecule has 5 nitrogen and oxygen atoms in total. The Balaban J connectivity index is 1.32. The van der Waals surface area contributed by atoms with E-state index >= 15 is 0 Å². The molecule has 4 aliphatic rings. The van der Waals surface area contributed by atoms with Crippen LogP contribution < -0.4 is 0 Å². The summed E-state index contributed by atoms with van der Waals surface area (Å²) in [5.74, 6) is 2.05. The van der Waals surface area contributed by atoms with Crippen molar-refractivity contribution in [3.05, 3.63) is 18.7 Å². The molecule has 0 spiro atoms. The summed E-state index contributed by atoms with van der Waals surface area (Å²) in [4.78, 5) is 17.4. The average molecular weight is 434 g/mol. The first-order valence-electron chi connectivity index (χ1n) is 14.6. The zero-order chi connectivity index (χ0) is 26.1. The lowest BCUT2D eigenvalue weighted by Gasteiger charge is -2.62. The number of ether oxygens (including phenoxy) is 1. The number of rotatable bonds is 5. The first kappa shape index (κ1) is 16.4. The Hall–Kier alpha value is -1.20. The molecule has 0 radical (unpaired) electrons. The summed E-state index contributed by atoms with van der Waals surface area (Å²) in [6.45, 7) is 2.41. The van der Waals surface area contributed by atoms with Gasteiger partial charge in [-0.2, -0.15) is 0 Å². The summed E-state index contributed by atoms with van der Waals surface area (Å²) in [7, 11) is -2.90. The number of methoxy groups -OCH3 is 1. The maximum atomic E-state index is 13.3. The number of fused-ring (bicyclic) bond motifs is 5. The highest BCUT2D eigenvalue weighted by atomic mass is 16.5. The molecule has 0 unspecified atom stereocenters. The average Bonchev–Trinajstić information content (AvgIpc) is 3.39. The molecule has 1 aromatic rings. The van der Waals surface area contributed by atoms with Gasteiger partial charge in [-0.3, -0.25) is 4.79 Å². The van der Waals surface area contributed by atoms with Gasteiger partial charge in [0.15, 0.2) is 5.78 Å². The molecule has 0 aromatic carbocycles. The number of hydrogen-bond acceptors (Lipinski definition) is 4. The normalized spacial score (nSPS) is 50.0. The van der Waals surface area contributed by atoms with Crippen LogP contribution in [0.2, 0.25) is 0 Å². The third-order valence-electron chi connectivity index (χ3n) is 10.3. The van der Waals surface area contributed by atoms with E-state index in [-0.39, 0.29) is 35.5 Å². The van der Waals surface area contributed by atoms with Crippen molar-refractivity contribution < 1.29 is 21.5 Å². The molecule has 1 heterocycles. The second-order valence-corrected chi connectivity index (χ2v) is 11.5. The van der Waals surface area contributed by atoms with E-state index in [1.807, 2.05) is 10.8 Å². The topological polar surface area (TPSA) is 64.3 Å². The van der Waals surface area contributed by atoms with Gasteiger partial charge in [-0.05, 0) is 92.3 Å². The standard InChI is InChI=1S/C26H40N2O3/c1-24-10-11-26(30,16-31-3)14-18(24)4-5-19-20-6-7-22(25(20,2)9-8-21(19)24)23(29)15-28-13-12-27-17-28/h12-13,17-22,30H,4-11,14-16H2,1-3H3/t18-,19-,20-,21-,22+,24-,25-,26+/m0/s1/i3D3,16D2. The maximum absolute atomic E-state index is 13.3. The lowest BCUT2D eigenvalue weighted by atomic mass is 9.44. The number of nitrogens with zero attached hydrogens (tertiary/aromatic N) is 2. The van der Waals surface area contributed by atoms with Crippen LogP contribution in [0.1, 0.15) is 78.5 Å². The molecule has 0 amide bonds. The predicted octanol–water partition coefficient (Wildman–Crippen LogP) is 4.49. The predicted molar refractivity (Wildman–Crippen MR) is 119 cm³/mol. The van der Waals surface area contributed by atoms with Crippen molar-refractivity contribution in [3.63, 3.8) is 0 Å². The molecule has 0 bridgehead atoms. The zero-order valence-corrected chi connectivity index (χ0v) is 18.8. The Labute approximate surface area is 194 Å². The molecule has 0 aliphatic heterocycles. The third-order valence-corrected chi connectivity index (χ3v) is 10.3. The Kier molecular flexibility index (Phi) is 4.07. The van der Waals surface area contributed by atoms with E-state index in [0.29, 0.717) is 36.5 Å². The number of aromatic nitrogens is 2. The number of Topliss-reactive ketones (excluding diaryl/α,β-unsaturated/α-hetero) is 1. The fourth-order valence-corrected chi connectivity index (χ4v) is 8.63. The van der Waals surface area contributed by atoms with Crippen LogP contribution in [0.5, 0.6) is 0 Å². The Bertz CT molecular complexity index is 985. The van der Waals surface area contributed by atoms with Gasteiger partial charge in [-0.15, -0.1) is 0 Å². The fraction of sp³-hybridized carbons (Fsp3) is 0.846.